The van der Waals surface area contributed by atoms with E-state index in [0.717, 1.165) is 17.0 Å². The normalized spacial score (nSPS) is 11.9. The number of pyridine rings is 1. The molecule has 0 bridgehead atoms. The lowest BCUT2D eigenvalue weighted by atomic mass is 10.3. The number of nitrogen functional groups attached to an aromatic ring is 1. The molecular formula is C10H13N5O2S2. The van der Waals surface area contributed by atoms with E-state index in [1.54, 1.807) is 6.20 Å². The average Bonchev–Trinajstić information content (AvgIpc) is 2.84. The van der Waals surface area contributed by atoms with Crippen molar-refractivity contribution in [1.82, 2.24) is 19.5 Å². The van der Waals surface area contributed by atoms with Crippen LogP contribution in [0.3, 0.4) is 0 Å². The van der Waals surface area contributed by atoms with Crippen molar-refractivity contribution in [3.8, 4) is 0 Å². The van der Waals surface area contributed by atoms with E-state index >= 15 is 0 Å². The van der Waals surface area contributed by atoms with Crippen molar-refractivity contribution in [3.05, 3.63) is 30.1 Å². The number of rotatable bonds is 5. The first kappa shape index (κ1) is 13.8. The molecule has 2 aromatic rings. The number of hydrogen-bond donors (Lipinski definition) is 1. The maximum absolute atomic E-state index is 12.1. The van der Waals surface area contributed by atoms with Crippen LogP contribution in [0.2, 0.25) is 0 Å². The van der Waals surface area contributed by atoms with Crippen LogP contribution in [0.1, 0.15) is 5.69 Å². The fourth-order valence-corrected chi connectivity index (χ4v) is 3.54. The first-order valence-electron chi connectivity index (χ1n) is 5.45. The second-order valence-electron chi connectivity index (χ2n) is 3.80. The zero-order chi connectivity index (χ0) is 13.9. The van der Waals surface area contributed by atoms with Crippen LogP contribution in [0.25, 0.3) is 0 Å². The van der Waals surface area contributed by atoms with Crippen molar-refractivity contribution in [2.45, 2.75) is 10.8 Å². The van der Waals surface area contributed by atoms with E-state index in [0.29, 0.717) is 13.0 Å². The highest BCUT2D eigenvalue weighted by Gasteiger charge is 2.25. The Kier molecular flexibility index (Phi) is 4.08. The molecule has 0 saturated heterocycles. The lowest BCUT2D eigenvalue weighted by Gasteiger charge is -2.14. The van der Waals surface area contributed by atoms with E-state index in [1.165, 1.54) is 11.4 Å². The van der Waals surface area contributed by atoms with Gasteiger partial charge in [-0.15, -0.1) is 10.2 Å². The molecule has 2 rings (SSSR count). The molecule has 9 heteroatoms. The molecule has 0 spiro atoms. The molecule has 19 heavy (non-hydrogen) atoms. The van der Waals surface area contributed by atoms with Gasteiger partial charge in [0.25, 0.3) is 10.0 Å². The second kappa shape index (κ2) is 5.59. The van der Waals surface area contributed by atoms with Gasteiger partial charge in [0.2, 0.25) is 9.47 Å². The van der Waals surface area contributed by atoms with Crippen molar-refractivity contribution in [1.29, 1.82) is 0 Å². The number of sulfonamides is 1. The molecule has 0 saturated carbocycles. The number of anilines is 1. The molecule has 0 aliphatic heterocycles. The van der Waals surface area contributed by atoms with Crippen LogP contribution >= 0.6 is 11.3 Å². The quantitative estimate of drug-likeness (QED) is 0.856. The topological polar surface area (TPSA) is 102 Å². The van der Waals surface area contributed by atoms with Gasteiger partial charge in [0, 0.05) is 31.9 Å². The van der Waals surface area contributed by atoms with Gasteiger partial charge in [0.1, 0.15) is 0 Å². The minimum Gasteiger partial charge on any atom is -0.374 e. The Morgan fingerprint density at radius 3 is 2.74 bits per heavy atom. The molecule has 0 radical (unpaired) electrons. The van der Waals surface area contributed by atoms with Crippen LogP contribution in [0, 0.1) is 0 Å². The third-order valence-electron chi connectivity index (χ3n) is 2.46. The molecule has 0 fully saturated rings. The Labute approximate surface area is 115 Å². The van der Waals surface area contributed by atoms with Crippen LogP contribution in [-0.2, 0) is 16.4 Å². The average molecular weight is 299 g/mol. The fraction of sp³-hybridized carbons (Fsp3) is 0.300. The number of nitrogens with two attached hydrogens (primary N) is 1. The Morgan fingerprint density at radius 1 is 1.37 bits per heavy atom. The zero-order valence-electron chi connectivity index (χ0n) is 10.2. The molecule has 0 aliphatic rings. The van der Waals surface area contributed by atoms with Crippen molar-refractivity contribution >= 4 is 26.5 Å². The SMILES string of the molecule is CN(CCc1ccccn1)S(=O)(=O)c1nnc(N)s1. The molecule has 0 aliphatic carbocycles. The zero-order valence-corrected chi connectivity index (χ0v) is 11.9. The summed E-state index contributed by atoms with van der Waals surface area (Å²) in [5.41, 5.74) is 6.23. The van der Waals surface area contributed by atoms with Crippen molar-refractivity contribution in [2.75, 3.05) is 19.3 Å². The summed E-state index contributed by atoms with van der Waals surface area (Å²) in [6.07, 6.45) is 2.21. The van der Waals surface area contributed by atoms with Gasteiger partial charge in [-0.25, -0.2) is 8.42 Å². The standard InChI is InChI=1S/C10H13N5O2S2/c1-15(7-5-8-4-2-3-6-12-8)19(16,17)10-14-13-9(11)18-10/h2-4,6H,5,7H2,1H3,(H2,11,13). The van der Waals surface area contributed by atoms with Crippen molar-refractivity contribution in [2.24, 2.45) is 0 Å². The van der Waals surface area contributed by atoms with Gasteiger partial charge in [-0.3, -0.25) is 4.98 Å². The predicted octanol–water partition coefficient (Wildman–Crippen LogP) is 0.378. The number of nitrogens with zero attached hydrogens (tertiary/aromatic N) is 4. The molecule has 0 amide bonds. The Hall–Kier alpha value is -1.58. The summed E-state index contributed by atoms with van der Waals surface area (Å²) in [4.78, 5) is 4.14. The predicted molar refractivity (Wildman–Crippen MR) is 72.1 cm³/mol. The Balaban J connectivity index is 2.05. The summed E-state index contributed by atoms with van der Waals surface area (Å²) in [6.45, 7) is 0.318. The van der Waals surface area contributed by atoms with E-state index < -0.39 is 10.0 Å². The highest BCUT2D eigenvalue weighted by Crippen LogP contribution is 2.20. The maximum Gasteiger partial charge on any atom is 0.272 e. The fourth-order valence-electron chi connectivity index (χ4n) is 1.40. The monoisotopic (exact) mass is 299 g/mol. The van der Waals surface area contributed by atoms with E-state index in [1.807, 2.05) is 18.2 Å². The van der Waals surface area contributed by atoms with Crippen LogP contribution in [0.15, 0.2) is 28.7 Å². The van der Waals surface area contributed by atoms with E-state index in [4.69, 9.17) is 5.73 Å². The lowest BCUT2D eigenvalue weighted by Crippen LogP contribution is -2.29. The van der Waals surface area contributed by atoms with Gasteiger partial charge in [-0.05, 0) is 12.1 Å². The van der Waals surface area contributed by atoms with E-state index in [-0.39, 0.29) is 9.47 Å². The summed E-state index contributed by atoms with van der Waals surface area (Å²) in [7, 11) is -2.12. The molecule has 0 unspecified atom stereocenters. The molecule has 0 atom stereocenters. The molecule has 2 heterocycles. The van der Waals surface area contributed by atoms with Gasteiger partial charge in [0.15, 0.2) is 0 Å². The lowest BCUT2D eigenvalue weighted by molar-refractivity contribution is 0.470. The smallest absolute Gasteiger partial charge is 0.272 e. The minimum absolute atomic E-state index is 0.0893. The van der Waals surface area contributed by atoms with Crippen LogP contribution in [0.4, 0.5) is 5.13 Å². The Morgan fingerprint density at radius 2 is 2.16 bits per heavy atom. The maximum atomic E-state index is 12.1. The summed E-state index contributed by atoms with van der Waals surface area (Å²) in [5.74, 6) is 0. The molecule has 7 nitrogen and oxygen atoms in total. The minimum atomic E-state index is -3.62. The highest BCUT2D eigenvalue weighted by molar-refractivity contribution is 7.91. The van der Waals surface area contributed by atoms with Gasteiger partial charge < -0.3 is 5.73 Å². The Bertz CT molecular complexity index is 641. The third-order valence-corrected chi connectivity index (χ3v) is 5.42. The molecule has 0 aromatic carbocycles. The summed E-state index contributed by atoms with van der Waals surface area (Å²) >= 11 is 0.855. The van der Waals surface area contributed by atoms with Gasteiger partial charge in [-0.2, -0.15) is 4.31 Å². The summed E-state index contributed by atoms with van der Waals surface area (Å²) in [5, 5.41) is 7.21. The summed E-state index contributed by atoms with van der Waals surface area (Å²) < 4.78 is 25.4. The molecule has 2 N–H and O–H groups in total. The van der Waals surface area contributed by atoms with Crippen molar-refractivity contribution < 1.29 is 8.42 Å². The second-order valence-corrected chi connectivity index (χ2v) is 7.03. The number of hydrogen-bond acceptors (Lipinski definition) is 7. The first-order chi connectivity index (χ1) is 9.00. The highest BCUT2D eigenvalue weighted by atomic mass is 32.2. The summed E-state index contributed by atoms with van der Waals surface area (Å²) in [6, 6.07) is 5.53. The van der Waals surface area contributed by atoms with Crippen LogP contribution < -0.4 is 5.73 Å². The van der Waals surface area contributed by atoms with Crippen molar-refractivity contribution in [3.63, 3.8) is 0 Å². The van der Waals surface area contributed by atoms with Crippen LogP contribution in [-0.4, -0.2) is 41.5 Å². The third kappa shape index (κ3) is 3.25. The van der Waals surface area contributed by atoms with E-state index in [2.05, 4.69) is 15.2 Å². The molecular weight excluding hydrogens is 286 g/mol. The van der Waals surface area contributed by atoms with Gasteiger partial charge in [-0.1, -0.05) is 17.4 Å². The number of aromatic nitrogens is 3. The van der Waals surface area contributed by atoms with Gasteiger partial charge >= 0.3 is 0 Å². The first-order valence-corrected chi connectivity index (χ1v) is 7.71. The van der Waals surface area contributed by atoms with E-state index in [9.17, 15) is 8.42 Å². The largest absolute Gasteiger partial charge is 0.374 e. The molecule has 2 aromatic heterocycles. The molecule has 102 valence electrons. The van der Waals surface area contributed by atoms with Crippen LogP contribution in [0.5, 0.6) is 0 Å². The number of likely N-dealkylation sites (N-methyl/N-ethyl adjacent to an activating group) is 1. The van der Waals surface area contributed by atoms with Gasteiger partial charge in [0.05, 0.1) is 0 Å².